The van der Waals surface area contributed by atoms with Crippen molar-refractivity contribution in [2.45, 2.75) is 12.5 Å². The number of carboxylic acid groups (broad SMARTS) is 1. The van der Waals surface area contributed by atoms with Crippen molar-refractivity contribution in [1.29, 1.82) is 0 Å². The quantitative estimate of drug-likeness (QED) is 0.263. The van der Waals surface area contributed by atoms with Gasteiger partial charge < -0.3 is 14.9 Å². The van der Waals surface area contributed by atoms with E-state index >= 15 is 0 Å². The third kappa shape index (κ3) is 5.47. The number of hydrogen-bond acceptors (Lipinski definition) is 4. The van der Waals surface area contributed by atoms with Gasteiger partial charge in [0.15, 0.2) is 5.78 Å². The SMILES string of the molecule is O=C1Cc2ccccc2N(C(=O)N2CCN(C(=O)N(c3ccc(Cl)cc3)c3ccc(Cl)cc3)C[C@H]2C(=O)O)c2ccccc21. The second-order valence-electron chi connectivity index (χ2n) is 10.4. The number of fused-ring (bicyclic) bond motifs is 2. The van der Waals surface area contributed by atoms with Gasteiger partial charge >= 0.3 is 18.0 Å². The summed E-state index contributed by atoms with van der Waals surface area (Å²) in [4.78, 5) is 59.7. The number of rotatable bonds is 3. The van der Waals surface area contributed by atoms with Gasteiger partial charge in [-0.15, -0.1) is 0 Å². The number of para-hydroxylation sites is 2. The molecule has 0 bridgehead atoms. The first-order valence-electron chi connectivity index (χ1n) is 13.9. The van der Waals surface area contributed by atoms with Crippen LogP contribution in [0, 0.1) is 0 Å². The second kappa shape index (κ2) is 12.0. The number of Topliss-reactive ketones (excluding diaryl/α,β-unsaturated/α-hetero) is 1. The Hall–Kier alpha value is -4.86. The number of urea groups is 2. The lowest BCUT2D eigenvalue weighted by Crippen LogP contribution is -2.62. The van der Waals surface area contributed by atoms with Crippen LogP contribution in [0.1, 0.15) is 15.9 Å². The first-order chi connectivity index (χ1) is 21.2. The zero-order valence-corrected chi connectivity index (χ0v) is 24.8. The van der Waals surface area contributed by atoms with E-state index in [1.165, 1.54) is 19.6 Å². The summed E-state index contributed by atoms with van der Waals surface area (Å²) in [6.45, 7) is -0.235. The standard InChI is InChI=1S/C33H26Cl2N4O5/c34-22-9-13-24(14-10-22)38(25-15-11-23(35)12-16-25)32(43)36-17-18-37(29(20-36)31(41)42)33(44)39-27-7-3-1-5-21(27)19-30(40)26-6-2-4-8-28(26)39/h1-16,29H,17-20H2,(H,41,42)/t29-/m0/s1. The lowest BCUT2D eigenvalue weighted by Gasteiger charge is -2.42. The summed E-state index contributed by atoms with van der Waals surface area (Å²) in [5.41, 5.74) is 2.97. The van der Waals surface area contributed by atoms with Crippen LogP contribution in [0.5, 0.6) is 0 Å². The Labute approximate surface area is 263 Å². The Morgan fingerprint density at radius 2 is 1.32 bits per heavy atom. The molecule has 1 atom stereocenters. The van der Waals surface area contributed by atoms with E-state index in [1.54, 1.807) is 97.1 Å². The molecule has 2 aliphatic heterocycles. The minimum Gasteiger partial charge on any atom is -0.480 e. The van der Waals surface area contributed by atoms with Crippen LogP contribution >= 0.6 is 23.2 Å². The fraction of sp³-hybridized carbons (Fsp3) is 0.152. The van der Waals surface area contributed by atoms with Crippen LogP contribution in [-0.4, -0.2) is 64.4 Å². The Bertz CT molecular complexity index is 1720. The number of halogens is 2. The number of benzene rings is 4. The summed E-state index contributed by atoms with van der Waals surface area (Å²) in [5, 5.41) is 11.3. The monoisotopic (exact) mass is 628 g/mol. The molecule has 1 N–H and O–H groups in total. The molecule has 11 heteroatoms. The molecule has 0 spiro atoms. The normalized spacial score (nSPS) is 16.1. The number of piperazine rings is 1. The number of hydrogen-bond donors (Lipinski definition) is 1. The molecule has 4 amide bonds. The molecule has 2 heterocycles. The van der Waals surface area contributed by atoms with E-state index in [2.05, 4.69) is 0 Å². The predicted octanol–water partition coefficient (Wildman–Crippen LogP) is 7.02. The third-order valence-electron chi connectivity index (χ3n) is 7.76. The summed E-state index contributed by atoms with van der Waals surface area (Å²) in [6, 6.07) is 24.9. The average Bonchev–Trinajstić information content (AvgIpc) is 3.16. The van der Waals surface area contributed by atoms with Gasteiger partial charge in [0.25, 0.3) is 0 Å². The number of nitrogens with zero attached hydrogens (tertiary/aromatic N) is 4. The molecule has 0 aliphatic carbocycles. The summed E-state index contributed by atoms with van der Waals surface area (Å²) in [6.07, 6.45) is 0.104. The minimum atomic E-state index is -1.35. The van der Waals surface area contributed by atoms with Crippen molar-refractivity contribution in [3.05, 3.63) is 118 Å². The van der Waals surface area contributed by atoms with E-state index in [4.69, 9.17) is 23.2 Å². The van der Waals surface area contributed by atoms with Crippen molar-refractivity contribution in [3.8, 4) is 0 Å². The van der Waals surface area contributed by atoms with Crippen molar-refractivity contribution in [2.24, 2.45) is 0 Å². The van der Waals surface area contributed by atoms with Crippen LogP contribution in [0.25, 0.3) is 0 Å². The summed E-state index contributed by atoms with van der Waals surface area (Å²) in [7, 11) is 0. The fourth-order valence-corrected chi connectivity index (χ4v) is 5.86. The number of aliphatic carboxylic acids is 1. The number of carbonyl (C=O) groups excluding carboxylic acids is 3. The first-order valence-corrected chi connectivity index (χ1v) is 14.6. The molecule has 0 saturated carbocycles. The minimum absolute atomic E-state index is 0.0502. The zero-order chi connectivity index (χ0) is 31.0. The molecule has 222 valence electrons. The highest BCUT2D eigenvalue weighted by atomic mass is 35.5. The molecule has 4 aromatic carbocycles. The van der Waals surface area contributed by atoms with Gasteiger partial charge in [-0.2, -0.15) is 0 Å². The van der Waals surface area contributed by atoms with Gasteiger partial charge in [0.1, 0.15) is 6.04 Å². The lowest BCUT2D eigenvalue weighted by molar-refractivity contribution is -0.143. The van der Waals surface area contributed by atoms with Gasteiger partial charge in [0, 0.05) is 35.1 Å². The molecular weight excluding hydrogens is 603 g/mol. The van der Waals surface area contributed by atoms with Crippen LogP contribution in [-0.2, 0) is 11.2 Å². The van der Waals surface area contributed by atoms with Gasteiger partial charge in [-0.1, -0.05) is 53.5 Å². The number of carbonyl (C=O) groups is 4. The second-order valence-corrected chi connectivity index (χ2v) is 11.3. The van der Waals surface area contributed by atoms with E-state index in [0.717, 1.165) is 0 Å². The third-order valence-corrected chi connectivity index (χ3v) is 8.27. The van der Waals surface area contributed by atoms with Gasteiger partial charge in [-0.3, -0.25) is 14.6 Å². The average molecular weight is 630 g/mol. The van der Waals surface area contributed by atoms with Crippen molar-refractivity contribution < 1.29 is 24.3 Å². The molecule has 0 aromatic heterocycles. The molecule has 1 fully saturated rings. The number of anilines is 4. The molecule has 0 unspecified atom stereocenters. The molecule has 4 aromatic rings. The van der Waals surface area contributed by atoms with Gasteiger partial charge in [0.2, 0.25) is 0 Å². The Morgan fingerprint density at radius 3 is 1.93 bits per heavy atom. The van der Waals surface area contributed by atoms with Gasteiger partial charge in [-0.05, 0) is 72.3 Å². The smallest absolute Gasteiger partial charge is 0.330 e. The maximum Gasteiger partial charge on any atom is 0.330 e. The molecule has 9 nitrogen and oxygen atoms in total. The molecular formula is C33H26Cl2N4O5. The van der Waals surface area contributed by atoms with Crippen LogP contribution < -0.4 is 9.80 Å². The van der Waals surface area contributed by atoms with E-state index in [-0.39, 0.29) is 31.8 Å². The van der Waals surface area contributed by atoms with Gasteiger partial charge in [-0.25, -0.2) is 14.4 Å². The number of ketones is 1. The van der Waals surface area contributed by atoms with Crippen LogP contribution in [0.15, 0.2) is 97.1 Å². The van der Waals surface area contributed by atoms with E-state index in [1.807, 2.05) is 0 Å². The van der Waals surface area contributed by atoms with Crippen LogP contribution in [0.3, 0.4) is 0 Å². The van der Waals surface area contributed by atoms with E-state index in [9.17, 15) is 24.3 Å². The molecule has 0 radical (unpaired) electrons. The molecule has 1 saturated heterocycles. The summed E-state index contributed by atoms with van der Waals surface area (Å²) in [5.74, 6) is -1.40. The van der Waals surface area contributed by atoms with E-state index in [0.29, 0.717) is 43.9 Å². The molecule has 2 aliphatic rings. The largest absolute Gasteiger partial charge is 0.480 e. The molecule has 44 heavy (non-hydrogen) atoms. The number of amides is 4. The highest BCUT2D eigenvalue weighted by Gasteiger charge is 2.42. The summed E-state index contributed by atoms with van der Waals surface area (Å²) < 4.78 is 0. The first kappa shape index (κ1) is 29.2. The summed E-state index contributed by atoms with van der Waals surface area (Å²) >= 11 is 12.2. The van der Waals surface area contributed by atoms with Crippen LogP contribution in [0.2, 0.25) is 10.0 Å². The Morgan fingerprint density at radius 1 is 0.750 bits per heavy atom. The molecule has 6 rings (SSSR count). The van der Waals surface area contributed by atoms with Crippen molar-refractivity contribution in [3.63, 3.8) is 0 Å². The van der Waals surface area contributed by atoms with Crippen molar-refractivity contribution >= 4 is 69.8 Å². The Kier molecular flexibility index (Phi) is 7.99. The highest BCUT2D eigenvalue weighted by Crippen LogP contribution is 2.38. The zero-order valence-electron chi connectivity index (χ0n) is 23.3. The number of carboxylic acids is 1. The fourth-order valence-electron chi connectivity index (χ4n) is 5.60. The van der Waals surface area contributed by atoms with E-state index < -0.39 is 24.1 Å². The van der Waals surface area contributed by atoms with Gasteiger partial charge in [0.05, 0.1) is 29.3 Å². The lowest BCUT2D eigenvalue weighted by atomic mass is 10.0. The van der Waals surface area contributed by atoms with Crippen molar-refractivity contribution in [2.75, 3.05) is 29.4 Å². The highest BCUT2D eigenvalue weighted by molar-refractivity contribution is 6.31. The predicted molar refractivity (Wildman–Crippen MR) is 169 cm³/mol. The maximum absolute atomic E-state index is 14.3. The van der Waals surface area contributed by atoms with Crippen LogP contribution in [0.4, 0.5) is 32.3 Å². The maximum atomic E-state index is 14.3. The topological polar surface area (TPSA) is 101 Å². The Balaban J connectivity index is 1.33. The van der Waals surface area contributed by atoms with Crippen molar-refractivity contribution in [1.82, 2.24) is 9.80 Å².